The second-order valence-corrected chi connectivity index (χ2v) is 11.2. The van der Waals surface area contributed by atoms with E-state index < -0.39 is 36.3 Å². The molecule has 2 atom stereocenters. The maximum Gasteiger partial charge on any atom is 0.490 e. The Morgan fingerprint density at radius 3 is 2.42 bits per heavy atom. The molecule has 2 amide bonds. The molecule has 2 aromatic heterocycles. The molecule has 3 aromatic rings. The van der Waals surface area contributed by atoms with Crippen LogP contribution in [0.5, 0.6) is 5.75 Å². The SMILES string of the molecule is CC(C)(C)c1ccc(C(=O)Nc2ccncc2C(=O)Nc2ccc(Cl)cn2)c(OC2CCNC(OC(=O)C(F)(F)F)C2)c1. The van der Waals surface area contributed by atoms with Crippen molar-refractivity contribution in [1.29, 1.82) is 0 Å². The molecule has 0 radical (unpaired) electrons. The number of pyridine rings is 2. The fraction of sp³-hybridized carbons (Fsp3) is 0.345. The molecule has 0 aliphatic carbocycles. The molecule has 1 fully saturated rings. The molecule has 0 spiro atoms. The van der Waals surface area contributed by atoms with Crippen molar-refractivity contribution in [3.63, 3.8) is 0 Å². The summed E-state index contributed by atoms with van der Waals surface area (Å²) in [5, 5.41) is 8.46. The summed E-state index contributed by atoms with van der Waals surface area (Å²) in [4.78, 5) is 45.9. The van der Waals surface area contributed by atoms with Crippen LogP contribution in [-0.2, 0) is 14.9 Å². The van der Waals surface area contributed by atoms with E-state index in [1.54, 1.807) is 24.3 Å². The Hall–Kier alpha value is -4.23. The number of nitrogens with zero attached hydrogens (tertiary/aromatic N) is 2. The van der Waals surface area contributed by atoms with Crippen LogP contribution in [-0.4, -0.2) is 52.8 Å². The van der Waals surface area contributed by atoms with Crippen molar-refractivity contribution >= 4 is 40.9 Å². The van der Waals surface area contributed by atoms with E-state index in [1.807, 2.05) is 20.8 Å². The largest absolute Gasteiger partial charge is 0.490 e. The third-order valence-electron chi connectivity index (χ3n) is 6.46. The summed E-state index contributed by atoms with van der Waals surface area (Å²) in [5.41, 5.74) is 0.871. The van der Waals surface area contributed by atoms with Gasteiger partial charge in [-0.25, -0.2) is 9.78 Å². The van der Waals surface area contributed by atoms with Crippen LogP contribution in [0.1, 0.15) is 59.9 Å². The number of benzene rings is 1. The van der Waals surface area contributed by atoms with Gasteiger partial charge in [0.05, 0.1) is 21.8 Å². The Morgan fingerprint density at radius 2 is 1.74 bits per heavy atom. The fourth-order valence-electron chi connectivity index (χ4n) is 4.20. The molecule has 3 heterocycles. The highest BCUT2D eigenvalue weighted by Crippen LogP contribution is 2.32. The van der Waals surface area contributed by atoms with Gasteiger partial charge in [0.2, 0.25) is 0 Å². The first-order valence-electron chi connectivity index (χ1n) is 13.2. The third kappa shape index (κ3) is 8.42. The summed E-state index contributed by atoms with van der Waals surface area (Å²) in [6.45, 7) is 6.14. The molecule has 2 unspecified atom stereocenters. The second-order valence-electron chi connectivity index (χ2n) is 10.8. The second kappa shape index (κ2) is 13.0. The van der Waals surface area contributed by atoms with Gasteiger partial charge in [-0.3, -0.25) is 19.9 Å². The van der Waals surface area contributed by atoms with Crippen molar-refractivity contribution in [3.05, 3.63) is 76.7 Å². The average molecular weight is 620 g/mol. The van der Waals surface area contributed by atoms with Crippen LogP contribution in [0.2, 0.25) is 5.02 Å². The topological polar surface area (TPSA) is 132 Å². The first-order chi connectivity index (χ1) is 20.2. The quantitative estimate of drug-likeness (QED) is 0.296. The first-order valence-corrected chi connectivity index (χ1v) is 13.6. The number of hydrogen-bond acceptors (Lipinski definition) is 8. The number of nitrogens with one attached hydrogen (secondary N) is 3. The van der Waals surface area contributed by atoms with Crippen molar-refractivity contribution in [2.75, 3.05) is 17.2 Å². The summed E-state index contributed by atoms with van der Waals surface area (Å²) in [7, 11) is 0. The lowest BCUT2D eigenvalue weighted by atomic mass is 9.86. The number of alkyl halides is 3. The van der Waals surface area contributed by atoms with Crippen molar-refractivity contribution in [2.24, 2.45) is 0 Å². The van der Waals surface area contributed by atoms with Gasteiger partial charge in [-0.15, -0.1) is 0 Å². The molecule has 0 saturated carbocycles. The van der Waals surface area contributed by atoms with E-state index in [0.29, 0.717) is 11.4 Å². The van der Waals surface area contributed by atoms with Gasteiger partial charge >= 0.3 is 12.1 Å². The van der Waals surface area contributed by atoms with Gasteiger partial charge < -0.3 is 20.1 Å². The lowest BCUT2D eigenvalue weighted by molar-refractivity contribution is -0.208. The molecule has 0 bridgehead atoms. The van der Waals surface area contributed by atoms with Gasteiger partial charge in [0.1, 0.15) is 17.7 Å². The van der Waals surface area contributed by atoms with Gasteiger partial charge in [-0.2, -0.15) is 13.2 Å². The Balaban J connectivity index is 1.56. The van der Waals surface area contributed by atoms with Gasteiger partial charge in [-0.05, 0) is 47.7 Å². The average Bonchev–Trinajstić information content (AvgIpc) is 2.93. The van der Waals surface area contributed by atoms with Crippen molar-refractivity contribution in [1.82, 2.24) is 15.3 Å². The molecule has 1 aliphatic heterocycles. The number of esters is 1. The maximum absolute atomic E-state index is 13.6. The molecular formula is C29H29ClF3N5O5. The third-order valence-corrected chi connectivity index (χ3v) is 6.69. The highest BCUT2D eigenvalue weighted by Gasteiger charge is 2.43. The van der Waals surface area contributed by atoms with Crippen LogP contribution in [0.25, 0.3) is 0 Å². The summed E-state index contributed by atoms with van der Waals surface area (Å²) < 4.78 is 48.9. The van der Waals surface area contributed by atoms with Crippen LogP contribution >= 0.6 is 11.6 Å². The fourth-order valence-corrected chi connectivity index (χ4v) is 4.31. The number of anilines is 2. The lowest BCUT2D eigenvalue weighted by Gasteiger charge is -2.31. The van der Waals surface area contributed by atoms with E-state index in [9.17, 15) is 27.6 Å². The molecule has 1 aliphatic rings. The predicted molar refractivity (Wildman–Crippen MR) is 152 cm³/mol. The monoisotopic (exact) mass is 619 g/mol. The molecule has 1 saturated heterocycles. The van der Waals surface area contributed by atoms with E-state index in [0.717, 1.165) is 5.56 Å². The molecule has 228 valence electrons. The minimum Gasteiger partial charge on any atom is -0.489 e. The Labute approximate surface area is 250 Å². The number of hydrogen-bond donors (Lipinski definition) is 3. The van der Waals surface area contributed by atoms with Crippen molar-refractivity contribution in [3.8, 4) is 5.75 Å². The number of amides is 2. The van der Waals surface area contributed by atoms with Crippen LogP contribution in [0.3, 0.4) is 0 Å². The van der Waals surface area contributed by atoms with E-state index >= 15 is 0 Å². The maximum atomic E-state index is 13.6. The molecule has 1 aromatic carbocycles. The molecule has 10 nitrogen and oxygen atoms in total. The first kappa shape index (κ1) is 31.7. The van der Waals surface area contributed by atoms with Gasteiger partial charge in [0, 0.05) is 31.6 Å². The van der Waals surface area contributed by atoms with Gasteiger partial charge in [-0.1, -0.05) is 38.4 Å². The summed E-state index contributed by atoms with van der Waals surface area (Å²) in [6, 6.07) is 9.57. The Bertz CT molecular complexity index is 1500. The highest BCUT2D eigenvalue weighted by molar-refractivity contribution is 6.30. The Morgan fingerprint density at radius 1 is 1.00 bits per heavy atom. The normalized spacial score (nSPS) is 17.1. The summed E-state index contributed by atoms with van der Waals surface area (Å²) >= 11 is 5.85. The number of aromatic nitrogens is 2. The number of carbonyl (C=O) groups excluding carboxylic acids is 3. The zero-order valence-electron chi connectivity index (χ0n) is 23.4. The lowest BCUT2D eigenvalue weighted by Crippen LogP contribution is -2.46. The standard InChI is InChI=1S/C29H29ClF3N5O5/c1-28(2,3)16-4-6-19(22(12-16)42-18-8-11-35-24(13-18)43-27(41)29(31,32)33)25(39)37-21-9-10-34-15-20(21)26(40)38-23-7-5-17(30)14-36-23/h4-7,9-10,12,14-15,18,24,35H,8,11,13H2,1-3H3,(H,34,37,39)(H,36,38,40). The Kier molecular flexibility index (Phi) is 9.55. The summed E-state index contributed by atoms with van der Waals surface area (Å²) in [6.07, 6.45) is -2.63. The van der Waals surface area contributed by atoms with Crippen LogP contribution < -0.4 is 20.7 Å². The number of rotatable bonds is 7. The van der Waals surface area contributed by atoms with E-state index in [2.05, 4.69) is 30.7 Å². The smallest absolute Gasteiger partial charge is 0.489 e. The number of ether oxygens (including phenoxy) is 2. The molecule has 43 heavy (non-hydrogen) atoms. The highest BCUT2D eigenvalue weighted by atomic mass is 35.5. The number of halogens is 4. The van der Waals surface area contributed by atoms with Crippen LogP contribution in [0, 0.1) is 0 Å². The molecule has 3 N–H and O–H groups in total. The van der Waals surface area contributed by atoms with E-state index in [1.165, 1.54) is 30.7 Å². The van der Waals surface area contributed by atoms with E-state index in [4.69, 9.17) is 16.3 Å². The van der Waals surface area contributed by atoms with Crippen molar-refractivity contribution in [2.45, 2.75) is 57.5 Å². The summed E-state index contributed by atoms with van der Waals surface area (Å²) in [5.74, 6) is -3.06. The van der Waals surface area contributed by atoms with E-state index in [-0.39, 0.29) is 46.8 Å². The number of carbonyl (C=O) groups is 3. The predicted octanol–water partition coefficient (Wildman–Crippen LogP) is 5.49. The molecule has 14 heteroatoms. The van der Waals surface area contributed by atoms with Gasteiger partial charge in [0.25, 0.3) is 11.8 Å². The molecule has 4 rings (SSSR count). The van der Waals surface area contributed by atoms with Crippen LogP contribution in [0.4, 0.5) is 24.7 Å². The van der Waals surface area contributed by atoms with Crippen molar-refractivity contribution < 1.29 is 37.0 Å². The molecular weight excluding hydrogens is 591 g/mol. The van der Waals surface area contributed by atoms with Crippen LogP contribution in [0.15, 0.2) is 55.0 Å². The zero-order valence-corrected chi connectivity index (χ0v) is 24.2. The minimum absolute atomic E-state index is 0.0639. The number of piperidine rings is 1. The zero-order chi connectivity index (χ0) is 31.4. The van der Waals surface area contributed by atoms with Gasteiger partial charge in [0.15, 0.2) is 6.23 Å². The minimum atomic E-state index is -5.13.